The van der Waals surface area contributed by atoms with Crippen molar-refractivity contribution in [1.82, 2.24) is 9.78 Å². The summed E-state index contributed by atoms with van der Waals surface area (Å²) in [6, 6.07) is 0. The van der Waals surface area contributed by atoms with Gasteiger partial charge in [0, 0.05) is 13.7 Å². The second-order valence-electron chi connectivity index (χ2n) is 2.68. The van der Waals surface area contributed by atoms with Gasteiger partial charge in [0.15, 0.2) is 0 Å². The summed E-state index contributed by atoms with van der Waals surface area (Å²) in [7, 11) is 1.73. The van der Waals surface area contributed by atoms with E-state index in [1.165, 1.54) is 6.20 Å². The Hall–Kier alpha value is -0.580. The number of rotatable bonds is 4. The molecule has 0 aliphatic rings. The lowest BCUT2D eigenvalue weighted by molar-refractivity contribution is 0.0378. The molecular formula is C8H13ClN2O2. The Morgan fingerprint density at radius 1 is 1.77 bits per heavy atom. The van der Waals surface area contributed by atoms with Crippen LogP contribution in [0.4, 0.5) is 0 Å². The van der Waals surface area contributed by atoms with Gasteiger partial charge in [-0.1, -0.05) is 11.6 Å². The minimum Gasteiger partial charge on any atom is -0.384 e. The molecule has 0 saturated carbocycles. The van der Waals surface area contributed by atoms with E-state index in [0.717, 1.165) is 0 Å². The van der Waals surface area contributed by atoms with Gasteiger partial charge in [-0.05, 0) is 6.92 Å². The van der Waals surface area contributed by atoms with E-state index in [1.807, 2.05) is 6.92 Å². The van der Waals surface area contributed by atoms with Crippen molar-refractivity contribution in [2.24, 2.45) is 7.05 Å². The van der Waals surface area contributed by atoms with Crippen molar-refractivity contribution in [2.75, 3.05) is 13.2 Å². The highest BCUT2D eigenvalue weighted by molar-refractivity contribution is 6.31. The zero-order valence-electron chi connectivity index (χ0n) is 7.70. The van der Waals surface area contributed by atoms with E-state index in [-0.39, 0.29) is 6.61 Å². The van der Waals surface area contributed by atoms with Crippen LogP contribution in [0.1, 0.15) is 18.7 Å². The lowest BCUT2D eigenvalue weighted by atomic mass is 10.3. The molecule has 1 heterocycles. The molecule has 5 heteroatoms. The molecule has 1 aromatic rings. The predicted molar refractivity (Wildman–Crippen MR) is 49.7 cm³/mol. The SMILES string of the molecule is CCOCC(O)c1c(Cl)cnn1C. The quantitative estimate of drug-likeness (QED) is 0.800. The number of aliphatic hydroxyl groups is 1. The molecule has 0 amide bonds. The van der Waals surface area contributed by atoms with E-state index in [0.29, 0.717) is 17.3 Å². The molecule has 1 rings (SSSR count). The number of nitrogens with zero attached hydrogens (tertiary/aromatic N) is 2. The van der Waals surface area contributed by atoms with Gasteiger partial charge in [-0.15, -0.1) is 0 Å². The summed E-state index contributed by atoms with van der Waals surface area (Å²) >= 11 is 5.82. The van der Waals surface area contributed by atoms with Crippen LogP contribution in [-0.2, 0) is 11.8 Å². The lowest BCUT2D eigenvalue weighted by Crippen LogP contribution is -2.11. The van der Waals surface area contributed by atoms with Gasteiger partial charge in [0.05, 0.1) is 23.5 Å². The summed E-state index contributed by atoms with van der Waals surface area (Å²) in [5, 5.41) is 14.0. The smallest absolute Gasteiger partial charge is 0.120 e. The largest absolute Gasteiger partial charge is 0.384 e. The van der Waals surface area contributed by atoms with Crippen LogP contribution in [0.15, 0.2) is 6.20 Å². The van der Waals surface area contributed by atoms with Gasteiger partial charge in [-0.3, -0.25) is 4.68 Å². The monoisotopic (exact) mass is 204 g/mol. The fourth-order valence-electron chi connectivity index (χ4n) is 1.10. The average Bonchev–Trinajstić information content (AvgIpc) is 2.42. The predicted octanol–water partition coefficient (Wildman–Crippen LogP) is 1.14. The Bertz CT molecular complexity index is 256. The molecule has 0 saturated heterocycles. The van der Waals surface area contributed by atoms with E-state index in [2.05, 4.69) is 5.10 Å². The first-order valence-electron chi connectivity index (χ1n) is 4.10. The summed E-state index contributed by atoms with van der Waals surface area (Å²) in [5.74, 6) is 0. The fraction of sp³-hybridized carbons (Fsp3) is 0.625. The van der Waals surface area contributed by atoms with E-state index >= 15 is 0 Å². The summed E-state index contributed by atoms with van der Waals surface area (Å²) in [4.78, 5) is 0. The number of aromatic nitrogens is 2. The van der Waals surface area contributed by atoms with Crippen molar-refractivity contribution in [3.05, 3.63) is 16.9 Å². The Balaban J connectivity index is 2.69. The van der Waals surface area contributed by atoms with Crippen LogP contribution in [0.3, 0.4) is 0 Å². The molecule has 0 aliphatic heterocycles. The molecule has 1 N–H and O–H groups in total. The maximum absolute atomic E-state index is 9.63. The molecule has 1 unspecified atom stereocenters. The van der Waals surface area contributed by atoms with E-state index in [4.69, 9.17) is 16.3 Å². The summed E-state index contributed by atoms with van der Waals surface area (Å²) in [6.45, 7) is 2.69. The van der Waals surface area contributed by atoms with Crippen molar-refractivity contribution < 1.29 is 9.84 Å². The van der Waals surface area contributed by atoms with Crippen LogP contribution < -0.4 is 0 Å². The summed E-state index contributed by atoms with van der Waals surface area (Å²) in [5.41, 5.74) is 0.593. The second-order valence-corrected chi connectivity index (χ2v) is 3.08. The van der Waals surface area contributed by atoms with Crippen molar-refractivity contribution in [3.8, 4) is 0 Å². The van der Waals surface area contributed by atoms with E-state index in [9.17, 15) is 5.11 Å². The Labute approximate surface area is 82.1 Å². The molecule has 4 nitrogen and oxygen atoms in total. The summed E-state index contributed by atoms with van der Waals surface area (Å²) < 4.78 is 6.63. The molecule has 13 heavy (non-hydrogen) atoms. The molecular weight excluding hydrogens is 192 g/mol. The highest BCUT2D eigenvalue weighted by Crippen LogP contribution is 2.21. The highest BCUT2D eigenvalue weighted by atomic mass is 35.5. The average molecular weight is 205 g/mol. The van der Waals surface area contributed by atoms with E-state index in [1.54, 1.807) is 11.7 Å². The molecule has 0 radical (unpaired) electrons. The maximum atomic E-state index is 9.63. The molecule has 0 fully saturated rings. The molecule has 1 aromatic heterocycles. The van der Waals surface area contributed by atoms with Gasteiger partial charge in [-0.25, -0.2) is 0 Å². The van der Waals surface area contributed by atoms with Gasteiger partial charge in [-0.2, -0.15) is 5.10 Å². The van der Waals surface area contributed by atoms with Crippen molar-refractivity contribution >= 4 is 11.6 Å². The molecule has 1 atom stereocenters. The fourth-order valence-corrected chi connectivity index (χ4v) is 1.40. The van der Waals surface area contributed by atoms with Crippen molar-refractivity contribution in [3.63, 3.8) is 0 Å². The van der Waals surface area contributed by atoms with Crippen LogP contribution in [0, 0.1) is 0 Å². The molecule has 0 aromatic carbocycles. The zero-order valence-corrected chi connectivity index (χ0v) is 8.45. The number of hydrogen-bond donors (Lipinski definition) is 1. The highest BCUT2D eigenvalue weighted by Gasteiger charge is 2.15. The van der Waals surface area contributed by atoms with Gasteiger partial charge in [0.25, 0.3) is 0 Å². The first-order chi connectivity index (χ1) is 6.16. The van der Waals surface area contributed by atoms with Crippen LogP contribution in [-0.4, -0.2) is 28.1 Å². The van der Waals surface area contributed by atoms with Crippen LogP contribution in [0.5, 0.6) is 0 Å². The number of aliphatic hydroxyl groups excluding tert-OH is 1. The molecule has 0 spiro atoms. The first kappa shape index (κ1) is 10.5. The van der Waals surface area contributed by atoms with Crippen LogP contribution in [0.25, 0.3) is 0 Å². The lowest BCUT2D eigenvalue weighted by Gasteiger charge is -2.11. The molecule has 0 bridgehead atoms. The van der Waals surface area contributed by atoms with Crippen LogP contribution in [0.2, 0.25) is 5.02 Å². The third kappa shape index (κ3) is 2.43. The van der Waals surface area contributed by atoms with Crippen LogP contribution >= 0.6 is 11.6 Å². The minimum absolute atomic E-state index is 0.246. The minimum atomic E-state index is -0.708. The Morgan fingerprint density at radius 3 is 2.92 bits per heavy atom. The second kappa shape index (κ2) is 4.60. The Morgan fingerprint density at radius 2 is 2.46 bits per heavy atom. The summed E-state index contributed by atoms with van der Waals surface area (Å²) in [6.07, 6.45) is 0.798. The van der Waals surface area contributed by atoms with Gasteiger partial charge in [0.1, 0.15) is 6.10 Å². The zero-order chi connectivity index (χ0) is 9.84. The number of aryl methyl sites for hydroxylation is 1. The van der Waals surface area contributed by atoms with Gasteiger partial charge in [0.2, 0.25) is 0 Å². The standard InChI is InChI=1S/C8H13ClN2O2/c1-3-13-5-7(12)8-6(9)4-10-11(8)2/h4,7,12H,3,5H2,1-2H3. The maximum Gasteiger partial charge on any atom is 0.120 e. The topological polar surface area (TPSA) is 47.3 Å². The first-order valence-corrected chi connectivity index (χ1v) is 4.47. The molecule has 74 valence electrons. The molecule has 0 aliphatic carbocycles. The number of halogens is 1. The number of ether oxygens (including phenoxy) is 1. The van der Waals surface area contributed by atoms with Crippen molar-refractivity contribution in [2.45, 2.75) is 13.0 Å². The number of hydrogen-bond acceptors (Lipinski definition) is 3. The normalized spacial score (nSPS) is 13.2. The van der Waals surface area contributed by atoms with Gasteiger partial charge < -0.3 is 9.84 Å². The Kier molecular flexibility index (Phi) is 3.71. The third-order valence-electron chi connectivity index (χ3n) is 1.73. The van der Waals surface area contributed by atoms with Gasteiger partial charge >= 0.3 is 0 Å². The third-order valence-corrected chi connectivity index (χ3v) is 2.02. The van der Waals surface area contributed by atoms with E-state index < -0.39 is 6.10 Å². The van der Waals surface area contributed by atoms with Crippen molar-refractivity contribution in [1.29, 1.82) is 0 Å².